The molecule has 0 aromatic heterocycles. The van der Waals surface area contributed by atoms with Gasteiger partial charge < -0.3 is 16.0 Å². The van der Waals surface area contributed by atoms with Crippen molar-refractivity contribution in [1.82, 2.24) is 20.9 Å². The average Bonchev–Trinajstić information content (AvgIpc) is 3.47. The van der Waals surface area contributed by atoms with Crippen molar-refractivity contribution >= 4 is 35.8 Å². The third-order valence-electron chi connectivity index (χ3n) is 5.60. The molecule has 30 heavy (non-hydrogen) atoms. The molecule has 1 amide bonds. The molecule has 2 aliphatic rings. The van der Waals surface area contributed by atoms with E-state index in [0.29, 0.717) is 19.1 Å². The van der Waals surface area contributed by atoms with Crippen LogP contribution in [0.2, 0.25) is 0 Å². The second-order valence-electron chi connectivity index (χ2n) is 7.98. The van der Waals surface area contributed by atoms with Gasteiger partial charge >= 0.3 is 0 Å². The van der Waals surface area contributed by atoms with Crippen molar-refractivity contribution in [1.29, 1.82) is 0 Å². The first-order valence-corrected chi connectivity index (χ1v) is 10.9. The summed E-state index contributed by atoms with van der Waals surface area (Å²) in [6.07, 6.45) is 3.85. The van der Waals surface area contributed by atoms with E-state index in [1.165, 1.54) is 6.07 Å². The molecule has 168 valence electrons. The molecule has 1 aromatic carbocycles. The lowest BCUT2D eigenvalue weighted by Gasteiger charge is -2.32. The molecule has 8 heteroatoms. The van der Waals surface area contributed by atoms with E-state index < -0.39 is 0 Å². The molecule has 0 radical (unpaired) electrons. The summed E-state index contributed by atoms with van der Waals surface area (Å²) in [7, 11) is 0. The van der Waals surface area contributed by atoms with E-state index in [1.54, 1.807) is 6.07 Å². The molecule has 1 heterocycles. The smallest absolute Gasteiger partial charge is 0.234 e. The second kappa shape index (κ2) is 12.4. The Morgan fingerprint density at radius 1 is 1.20 bits per heavy atom. The summed E-state index contributed by atoms with van der Waals surface area (Å²) >= 11 is 0. The first-order chi connectivity index (χ1) is 14.1. The first-order valence-electron chi connectivity index (χ1n) is 10.9. The van der Waals surface area contributed by atoms with Crippen molar-refractivity contribution in [2.24, 2.45) is 4.99 Å². The molecule has 2 unspecified atom stereocenters. The van der Waals surface area contributed by atoms with Crippen LogP contribution in [0.15, 0.2) is 29.3 Å². The van der Waals surface area contributed by atoms with Crippen LogP contribution in [0.1, 0.15) is 51.0 Å². The maximum Gasteiger partial charge on any atom is 0.234 e. The normalized spacial score (nSPS) is 22.2. The van der Waals surface area contributed by atoms with Gasteiger partial charge in [0.25, 0.3) is 0 Å². The number of hydrogen-bond donors (Lipinski definition) is 3. The Labute approximate surface area is 196 Å². The molecule has 1 aromatic rings. The van der Waals surface area contributed by atoms with Crippen LogP contribution in [0.25, 0.3) is 0 Å². The number of nitrogens with zero attached hydrogens (tertiary/aromatic N) is 2. The fourth-order valence-electron chi connectivity index (χ4n) is 3.89. The van der Waals surface area contributed by atoms with Crippen LogP contribution in [0.4, 0.5) is 4.39 Å². The number of rotatable bonds is 8. The van der Waals surface area contributed by atoms with Gasteiger partial charge in [0.15, 0.2) is 5.96 Å². The van der Waals surface area contributed by atoms with Crippen molar-refractivity contribution < 1.29 is 9.18 Å². The van der Waals surface area contributed by atoms with Crippen LogP contribution >= 0.6 is 24.0 Å². The molecule has 6 nitrogen and oxygen atoms in total. The van der Waals surface area contributed by atoms with Gasteiger partial charge in [-0.3, -0.25) is 14.7 Å². The van der Waals surface area contributed by atoms with E-state index >= 15 is 0 Å². The highest BCUT2D eigenvalue weighted by Crippen LogP contribution is 2.41. The van der Waals surface area contributed by atoms with Crippen LogP contribution in [0, 0.1) is 5.82 Å². The number of aliphatic imine (C=N–C) groups is 1. The molecular formula is C22H35FIN5O. The topological polar surface area (TPSA) is 68.8 Å². The highest BCUT2D eigenvalue weighted by Gasteiger charge is 2.40. The zero-order chi connectivity index (χ0) is 20.6. The van der Waals surface area contributed by atoms with Crippen molar-refractivity contribution in [3.63, 3.8) is 0 Å². The third-order valence-corrected chi connectivity index (χ3v) is 5.60. The lowest BCUT2D eigenvalue weighted by atomic mass is 10.1. The average molecular weight is 531 g/mol. The summed E-state index contributed by atoms with van der Waals surface area (Å²) < 4.78 is 14.0. The lowest BCUT2D eigenvalue weighted by molar-refractivity contribution is -0.122. The van der Waals surface area contributed by atoms with Crippen molar-refractivity contribution in [3.8, 4) is 0 Å². The van der Waals surface area contributed by atoms with Gasteiger partial charge in [-0.2, -0.15) is 0 Å². The summed E-state index contributed by atoms with van der Waals surface area (Å²) in [6, 6.07) is 7.59. The van der Waals surface area contributed by atoms with Crippen LogP contribution in [-0.4, -0.2) is 61.6 Å². The van der Waals surface area contributed by atoms with E-state index in [9.17, 15) is 9.18 Å². The molecule has 2 atom stereocenters. The van der Waals surface area contributed by atoms with E-state index in [4.69, 9.17) is 0 Å². The van der Waals surface area contributed by atoms with E-state index in [-0.39, 0.29) is 47.7 Å². The minimum absolute atomic E-state index is 0. The Kier molecular flexibility index (Phi) is 10.3. The predicted molar refractivity (Wildman–Crippen MR) is 130 cm³/mol. The number of piperidine rings is 1. The predicted octanol–water partition coefficient (Wildman–Crippen LogP) is 2.85. The molecule has 2 fully saturated rings. The second-order valence-corrected chi connectivity index (χ2v) is 7.98. The maximum atomic E-state index is 14.0. The van der Waals surface area contributed by atoms with Gasteiger partial charge in [-0.1, -0.05) is 25.1 Å². The molecular weight excluding hydrogens is 496 g/mol. The highest BCUT2D eigenvalue weighted by molar-refractivity contribution is 14.0. The first kappa shape index (κ1) is 24.8. The molecule has 0 spiro atoms. The van der Waals surface area contributed by atoms with Gasteiger partial charge in [-0.25, -0.2) is 4.39 Å². The quantitative estimate of drug-likeness (QED) is 0.274. The molecule has 1 aliphatic heterocycles. The zero-order valence-corrected chi connectivity index (χ0v) is 20.3. The lowest BCUT2D eigenvalue weighted by Crippen LogP contribution is -2.50. The number of likely N-dealkylation sites (tertiary alicyclic amines) is 1. The molecule has 3 rings (SSSR count). The summed E-state index contributed by atoms with van der Waals surface area (Å²) in [5, 5.41) is 9.95. The Morgan fingerprint density at radius 2 is 1.93 bits per heavy atom. The SMILES string of the molecule is CCCNC(=O)CN1CCC(NC(=NCC)NC2CC2c2ccccc2F)CC1.I. The Morgan fingerprint density at radius 3 is 2.60 bits per heavy atom. The van der Waals surface area contributed by atoms with E-state index in [2.05, 4.69) is 32.8 Å². The summed E-state index contributed by atoms with van der Waals surface area (Å²) in [5.74, 6) is 1.01. The Hall–Kier alpha value is -1.42. The van der Waals surface area contributed by atoms with Crippen molar-refractivity contribution in [3.05, 3.63) is 35.6 Å². The molecule has 1 saturated carbocycles. The zero-order valence-electron chi connectivity index (χ0n) is 18.0. The fraction of sp³-hybridized carbons (Fsp3) is 0.636. The number of amides is 1. The number of carbonyl (C=O) groups is 1. The highest BCUT2D eigenvalue weighted by atomic mass is 127. The van der Waals surface area contributed by atoms with Crippen LogP contribution in [-0.2, 0) is 4.79 Å². The number of halogens is 2. The maximum absolute atomic E-state index is 14.0. The number of carbonyl (C=O) groups excluding carboxylic acids is 1. The third kappa shape index (κ3) is 7.37. The van der Waals surface area contributed by atoms with Gasteiger partial charge in [-0.15, -0.1) is 24.0 Å². The van der Waals surface area contributed by atoms with Crippen LogP contribution in [0.5, 0.6) is 0 Å². The molecule has 0 bridgehead atoms. The summed E-state index contributed by atoms with van der Waals surface area (Å²) in [5.41, 5.74) is 0.788. The Balaban J connectivity index is 0.00000320. The van der Waals surface area contributed by atoms with E-state index in [0.717, 1.165) is 56.8 Å². The van der Waals surface area contributed by atoms with Crippen LogP contribution < -0.4 is 16.0 Å². The molecule has 1 aliphatic carbocycles. The summed E-state index contributed by atoms with van der Waals surface area (Å²) in [6.45, 7) is 7.80. The minimum atomic E-state index is -0.126. The van der Waals surface area contributed by atoms with Gasteiger partial charge in [-0.05, 0) is 44.2 Å². The molecule has 1 saturated heterocycles. The van der Waals surface area contributed by atoms with Gasteiger partial charge in [0.1, 0.15) is 5.82 Å². The van der Waals surface area contributed by atoms with E-state index in [1.807, 2.05) is 19.1 Å². The minimum Gasteiger partial charge on any atom is -0.355 e. The van der Waals surface area contributed by atoms with Crippen molar-refractivity contribution in [2.75, 3.05) is 32.7 Å². The standard InChI is InChI=1S/C22H34FN5O.HI/c1-3-11-25-21(29)15-28-12-9-16(10-13-28)26-22(24-4-2)27-20-14-18(20)17-7-5-6-8-19(17)23;/h5-8,16,18,20H,3-4,9-15H2,1-2H3,(H,25,29)(H2,24,26,27);1H. The number of guanidine groups is 1. The largest absolute Gasteiger partial charge is 0.355 e. The number of hydrogen-bond acceptors (Lipinski definition) is 3. The summed E-state index contributed by atoms with van der Waals surface area (Å²) in [4.78, 5) is 18.7. The van der Waals surface area contributed by atoms with Gasteiger partial charge in [0.05, 0.1) is 6.54 Å². The van der Waals surface area contributed by atoms with Gasteiger partial charge in [0.2, 0.25) is 5.91 Å². The fourth-order valence-corrected chi connectivity index (χ4v) is 3.89. The van der Waals surface area contributed by atoms with Gasteiger partial charge in [0, 0.05) is 44.2 Å². The Bertz CT molecular complexity index is 709. The number of nitrogens with one attached hydrogen (secondary N) is 3. The molecule has 3 N–H and O–H groups in total. The van der Waals surface area contributed by atoms with Crippen molar-refractivity contribution in [2.45, 2.75) is 57.5 Å². The van der Waals surface area contributed by atoms with Crippen LogP contribution in [0.3, 0.4) is 0 Å². The number of benzene rings is 1. The monoisotopic (exact) mass is 531 g/mol.